The van der Waals surface area contributed by atoms with Crippen molar-refractivity contribution in [2.75, 3.05) is 0 Å². The maximum Gasteiger partial charge on any atom is 0.398 e. The minimum absolute atomic E-state index is 0.233. The van der Waals surface area contributed by atoms with Crippen LogP contribution in [-0.2, 0) is 5.41 Å². The Labute approximate surface area is 93.6 Å². The fraction of sp³-hybridized carbons (Fsp3) is 0.400. The lowest BCUT2D eigenvalue weighted by atomic mass is 9.96. The number of alkyl halides is 3. The van der Waals surface area contributed by atoms with Gasteiger partial charge in [0.25, 0.3) is 0 Å². The minimum Gasteiger partial charge on any atom is -0.170 e. The van der Waals surface area contributed by atoms with E-state index in [4.69, 9.17) is 0 Å². The van der Waals surface area contributed by atoms with Gasteiger partial charge in [-0.2, -0.15) is 13.2 Å². The van der Waals surface area contributed by atoms with Crippen molar-refractivity contribution < 1.29 is 13.2 Å². The third kappa shape index (κ3) is 1.53. The zero-order valence-corrected chi connectivity index (χ0v) is 9.39. The van der Waals surface area contributed by atoms with Gasteiger partial charge in [-0.05, 0) is 53.1 Å². The molecule has 4 heteroatoms. The van der Waals surface area contributed by atoms with E-state index in [0.29, 0.717) is 5.56 Å². The van der Waals surface area contributed by atoms with Crippen LogP contribution in [0.2, 0.25) is 0 Å². The molecule has 14 heavy (non-hydrogen) atoms. The Morgan fingerprint density at radius 2 is 1.57 bits per heavy atom. The van der Waals surface area contributed by atoms with Gasteiger partial charge in [0.15, 0.2) is 0 Å². The smallest absolute Gasteiger partial charge is 0.170 e. The molecule has 1 aromatic carbocycles. The first-order valence-electron chi connectivity index (χ1n) is 4.28. The highest BCUT2D eigenvalue weighted by Gasteiger charge is 2.64. The summed E-state index contributed by atoms with van der Waals surface area (Å²) in [7, 11) is 0. The summed E-state index contributed by atoms with van der Waals surface area (Å²) in [5, 5.41) is 0. The van der Waals surface area contributed by atoms with Crippen molar-refractivity contribution in [1.82, 2.24) is 0 Å². The van der Waals surface area contributed by atoms with Gasteiger partial charge in [-0.15, -0.1) is 0 Å². The maximum atomic E-state index is 12.7. The van der Waals surface area contributed by atoms with Crippen molar-refractivity contribution in [3.8, 4) is 0 Å². The molecule has 0 spiro atoms. The molecule has 0 radical (unpaired) electrons. The highest BCUT2D eigenvalue weighted by Crippen LogP contribution is 2.58. The van der Waals surface area contributed by atoms with E-state index in [1.54, 1.807) is 24.3 Å². The summed E-state index contributed by atoms with van der Waals surface area (Å²) >= 11 is 2.08. The molecule has 1 fully saturated rings. The number of hydrogen-bond acceptors (Lipinski definition) is 0. The Bertz CT molecular complexity index is 335. The third-order valence-corrected chi connectivity index (χ3v) is 3.41. The van der Waals surface area contributed by atoms with Gasteiger partial charge in [-0.1, -0.05) is 12.1 Å². The Hall–Kier alpha value is -0.260. The highest BCUT2D eigenvalue weighted by molar-refractivity contribution is 14.1. The van der Waals surface area contributed by atoms with Crippen LogP contribution in [0, 0.1) is 3.57 Å². The number of halogens is 4. The second kappa shape index (κ2) is 3.12. The van der Waals surface area contributed by atoms with Crippen molar-refractivity contribution in [2.45, 2.75) is 24.4 Å². The van der Waals surface area contributed by atoms with Crippen LogP contribution in [0.5, 0.6) is 0 Å². The molecule has 76 valence electrons. The van der Waals surface area contributed by atoms with Crippen LogP contribution in [-0.4, -0.2) is 6.18 Å². The quantitative estimate of drug-likeness (QED) is 0.690. The Kier molecular flexibility index (Phi) is 2.28. The summed E-state index contributed by atoms with van der Waals surface area (Å²) in [6, 6.07) is 6.62. The van der Waals surface area contributed by atoms with Crippen molar-refractivity contribution >= 4 is 22.6 Å². The van der Waals surface area contributed by atoms with E-state index in [0.717, 1.165) is 3.57 Å². The molecule has 0 aromatic heterocycles. The zero-order valence-electron chi connectivity index (χ0n) is 7.24. The van der Waals surface area contributed by atoms with E-state index >= 15 is 0 Å². The van der Waals surface area contributed by atoms with Crippen molar-refractivity contribution in [3.05, 3.63) is 33.4 Å². The number of benzene rings is 1. The average molecular weight is 312 g/mol. The fourth-order valence-corrected chi connectivity index (χ4v) is 1.99. The molecule has 0 bridgehead atoms. The van der Waals surface area contributed by atoms with Crippen LogP contribution in [0.4, 0.5) is 13.2 Å². The summed E-state index contributed by atoms with van der Waals surface area (Å²) in [5.74, 6) is 0. The molecule has 0 nitrogen and oxygen atoms in total. The molecule has 1 aromatic rings. The SMILES string of the molecule is FC(F)(F)C1(c2ccc(I)cc2)CC1. The monoisotopic (exact) mass is 312 g/mol. The normalized spacial score (nSPS) is 19.4. The summed E-state index contributed by atoms with van der Waals surface area (Å²) in [6.45, 7) is 0. The Morgan fingerprint density at radius 3 is 1.93 bits per heavy atom. The molecule has 0 atom stereocenters. The van der Waals surface area contributed by atoms with Crippen LogP contribution in [0.3, 0.4) is 0 Å². The Morgan fingerprint density at radius 1 is 1.07 bits per heavy atom. The molecular weight excluding hydrogens is 304 g/mol. The molecule has 0 unspecified atom stereocenters. The van der Waals surface area contributed by atoms with E-state index in [2.05, 4.69) is 22.6 Å². The van der Waals surface area contributed by atoms with Gasteiger partial charge in [0, 0.05) is 3.57 Å². The number of hydrogen-bond donors (Lipinski definition) is 0. The van der Waals surface area contributed by atoms with E-state index < -0.39 is 11.6 Å². The molecule has 0 aliphatic heterocycles. The molecule has 0 N–H and O–H groups in total. The summed E-state index contributed by atoms with van der Waals surface area (Å²) in [4.78, 5) is 0. The fourth-order valence-electron chi connectivity index (χ4n) is 1.63. The summed E-state index contributed by atoms with van der Waals surface area (Å²) in [6.07, 6.45) is -3.63. The largest absolute Gasteiger partial charge is 0.398 e. The molecular formula is C10H8F3I. The molecule has 0 saturated heterocycles. The van der Waals surface area contributed by atoms with Crippen molar-refractivity contribution in [2.24, 2.45) is 0 Å². The molecule has 1 aliphatic carbocycles. The molecule has 1 saturated carbocycles. The van der Waals surface area contributed by atoms with Crippen LogP contribution >= 0.6 is 22.6 Å². The van der Waals surface area contributed by atoms with E-state index in [1.807, 2.05) is 0 Å². The maximum absolute atomic E-state index is 12.7. The predicted octanol–water partition coefficient (Wildman–Crippen LogP) is 3.89. The highest BCUT2D eigenvalue weighted by atomic mass is 127. The second-order valence-electron chi connectivity index (χ2n) is 3.59. The predicted molar refractivity (Wildman–Crippen MR) is 56.1 cm³/mol. The molecule has 0 heterocycles. The van der Waals surface area contributed by atoms with Gasteiger partial charge in [0.2, 0.25) is 0 Å². The summed E-state index contributed by atoms with van der Waals surface area (Å²) in [5.41, 5.74) is -1.12. The van der Waals surface area contributed by atoms with E-state index in [-0.39, 0.29) is 12.8 Å². The lowest BCUT2D eigenvalue weighted by Gasteiger charge is -2.19. The zero-order chi connectivity index (χ0) is 10.4. The number of rotatable bonds is 1. The van der Waals surface area contributed by atoms with Crippen molar-refractivity contribution in [1.29, 1.82) is 0 Å². The van der Waals surface area contributed by atoms with Gasteiger partial charge in [-0.25, -0.2) is 0 Å². The Balaban J connectivity index is 2.36. The van der Waals surface area contributed by atoms with E-state index in [1.165, 1.54) is 0 Å². The topological polar surface area (TPSA) is 0 Å². The van der Waals surface area contributed by atoms with Crippen LogP contribution in [0.15, 0.2) is 24.3 Å². The first kappa shape index (κ1) is 10.3. The lowest BCUT2D eigenvalue weighted by molar-refractivity contribution is -0.160. The first-order chi connectivity index (χ1) is 6.46. The van der Waals surface area contributed by atoms with Gasteiger partial charge in [0.1, 0.15) is 0 Å². The van der Waals surface area contributed by atoms with E-state index in [9.17, 15) is 13.2 Å². The van der Waals surface area contributed by atoms with Crippen LogP contribution in [0.25, 0.3) is 0 Å². The third-order valence-electron chi connectivity index (χ3n) is 2.69. The van der Waals surface area contributed by atoms with Crippen LogP contribution in [0.1, 0.15) is 18.4 Å². The van der Waals surface area contributed by atoms with Crippen LogP contribution < -0.4 is 0 Å². The van der Waals surface area contributed by atoms with Gasteiger partial charge < -0.3 is 0 Å². The average Bonchev–Trinajstić information content (AvgIpc) is 2.84. The molecule has 2 rings (SSSR count). The molecule has 0 amide bonds. The first-order valence-corrected chi connectivity index (χ1v) is 5.36. The molecule has 1 aliphatic rings. The standard InChI is InChI=1S/C10H8F3I/c11-10(12,13)9(5-6-9)7-1-3-8(14)4-2-7/h1-4H,5-6H2. The summed E-state index contributed by atoms with van der Waals surface area (Å²) < 4.78 is 39.0. The van der Waals surface area contributed by atoms with Gasteiger partial charge in [-0.3, -0.25) is 0 Å². The van der Waals surface area contributed by atoms with Crippen molar-refractivity contribution in [3.63, 3.8) is 0 Å². The minimum atomic E-state index is -4.10. The van der Waals surface area contributed by atoms with Gasteiger partial charge in [0.05, 0.1) is 5.41 Å². The second-order valence-corrected chi connectivity index (χ2v) is 4.83. The lowest BCUT2D eigenvalue weighted by Crippen LogP contribution is -2.28. The van der Waals surface area contributed by atoms with Gasteiger partial charge >= 0.3 is 6.18 Å².